The largest absolute Gasteiger partial charge is 0.573 e. The summed E-state index contributed by atoms with van der Waals surface area (Å²) in [5.74, 6) is -4.61. The summed E-state index contributed by atoms with van der Waals surface area (Å²) in [7, 11) is 2.02. The van der Waals surface area contributed by atoms with Crippen molar-refractivity contribution < 1.29 is 57.8 Å². The maximum atomic E-state index is 13.2. The molecular weight excluding hydrogens is 649 g/mol. The van der Waals surface area contributed by atoms with E-state index >= 15 is 0 Å². The van der Waals surface area contributed by atoms with Gasteiger partial charge < -0.3 is 51.1 Å². The Morgan fingerprint density at radius 2 is 1.71 bits per heavy atom. The minimum Gasteiger partial charge on any atom is -0.479 e. The zero-order chi connectivity index (χ0) is 35.3. The third-order valence-corrected chi connectivity index (χ3v) is 7.44. The number of aryl methyl sites for hydroxylation is 1. The molecule has 2 aliphatic rings. The van der Waals surface area contributed by atoms with Gasteiger partial charge in [-0.15, -0.1) is 13.2 Å². The fourth-order valence-corrected chi connectivity index (χ4v) is 5.05. The van der Waals surface area contributed by atoms with Crippen LogP contribution in [0, 0.1) is 0 Å². The average molecular weight is 683 g/mol. The number of fused-ring (bicyclic) bond motifs is 3. The molecule has 1 saturated heterocycles. The lowest BCUT2D eigenvalue weighted by Crippen LogP contribution is -2.44. The Kier molecular flexibility index (Phi) is 11.0. The molecule has 0 bridgehead atoms. The van der Waals surface area contributed by atoms with E-state index in [1.807, 2.05) is 7.05 Å². The van der Waals surface area contributed by atoms with Crippen molar-refractivity contribution in [2.75, 3.05) is 50.1 Å². The van der Waals surface area contributed by atoms with Gasteiger partial charge in [-0.3, -0.25) is 9.48 Å². The first-order chi connectivity index (χ1) is 22.6. The molecule has 1 amide bonds. The minimum absolute atomic E-state index is 0.0384. The molecule has 1 aliphatic carbocycles. The number of hydrogen-bond acceptors (Lipinski definition) is 13. The number of primary amides is 1. The van der Waals surface area contributed by atoms with Gasteiger partial charge in [0.25, 0.3) is 5.91 Å². The van der Waals surface area contributed by atoms with Gasteiger partial charge in [0.05, 0.1) is 30.2 Å². The second-order valence-electron chi connectivity index (χ2n) is 10.8. The molecule has 3 heterocycles. The topological polar surface area (TPSA) is 250 Å². The van der Waals surface area contributed by atoms with Crippen LogP contribution in [0.25, 0.3) is 11.4 Å². The lowest BCUT2D eigenvalue weighted by Gasteiger charge is -2.34. The van der Waals surface area contributed by atoms with E-state index in [1.54, 1.807) is 18.3 Å². The van der Waals surface area contributed by atoms with Crippen LogP contribution < -0.4 is 20.7 Å². The molecule has 0 unspecified atom stereocenters. The highest BCUT2D eigenvalue weighted by Gasteiger charge is 2.33. The molecule has 2 aromatic heterocycles. The number of halogens is 3. The van der Waals surface area contributed by atoms with Gasteiger partial charge in [0.15, 0.2) is 23.7 Å². The fraction of sp³-hybridized carbons (Fsp3) is 0.429. The van der Waals surface area contributed by atoms with Gasteiger partial charge in [-0.2, -0.15) is 5.10 Å². The van der Waals surface area contributed by atoms with Crippen molar-refractivity contribution >= 4 is 35.2 Å². The van der Waals surface area contributed by atoms with Gasteiger partial charge in [-0.1, -0.05) is 0 Å². The number of nitrogens with zero attached hydrogens (tertiary/aromatic N) is 6. The molecule has 1 fully saturated rings. The zero-order valence-corrected chi connectivity index (χ0v) is 25.4. The lowest BCUT2D eigenvalue weighted by molar-refractivity contribution is -0.274. The molecule has 17 nitrogen and oxygen atoms in total. The molecule has 1 aromatic carbocycles. The number of rotatable bonds is 10. The van der Waals surface area contributed by atoms with Crippen molar-refractivity contribution in [1.29, 1.82) is 0 Å². The maximum Gasteiger partial charge on any atom is 0.573 e. The highest BCUT2D eigenvalue weighted by molar-refractivity contribution is 5.94. The van der Waals surface area contributed by atoms with Gasteiger partial charge in [-0.05, 0) is 43.7 Å². The number of nitrogens with two attached hydrogens (primary N) is 1. The predicted octanol–water partition coefficient (Wildman–Crippen LogP) is -0.199. The average Bonchev–Trinajstić information content (AvgIpc) is 3.40. The number of carbonyl (C=O) groups excluding carboxylic acids is 1. The van der Waals surface area contributed by atoms with Gasteiger partial charge >= 0.3 is 18.3 Å². The van der Waals surface area contributed by atoms with E-state index in [0.717, 1.165) is 37.4 Å². The molecule has 0 radical (unpaired) electrons. The quantitative estimate of drug-likeness (QED) is 0.146. The SMILES string of the molecule is CN1CCN(c2ccc(OC(F)(F)F)c(Nc3ncc4c(n3)-c3c(c(C(N)=O)nn3CCO)CC4)c2)CC1.O=C(O)[C@H](O)[C@@H](O)C(=O)O. The summed E-state index contributed by atoms with van der Waals surface area (Å²) in [4.78, 5) is 44.7. The third-order valence-electron chi connectivity index (χ3n) is 7.44. The Morgan fingerprint density at radius 1 is 1.06 bits per heavy atom. The molecule has 8 N–H and O–H groups in total. The lowest BCUT2D eigenvalue weighted by atomic mass is 9.93. The first-order valence-electron chi connectivity index (χ1n) is 14.4. The number of aliphatic carboxylic acids is 2. The van der Waals surface area contributed by atoms with Crippen LogP contribution in [0.15, 0.2) is 24.4 Å². The van der Waals surface area contributed by atoms with Crippen LogP contribution in [-0.2, 0) is 29.0 Å². The minimum atomic E-state index is -4.89. The van der Waals surface area contributed by atoms with E-state index in [1.165, 1.54) is 10.7 Å². The molecule has 5 rings (SSSR count). The van der Waals surface area contributed by atoms with E-state index in [4.69, 9.17) is 26.2 Å². The first kappa shape index (κ1) is 35.8. The monoisotopic (exact) mass is 682 g/mol. The van der Waals surface area contributed by atoms with Crippen molar-refractivity contribution in [2.24, 2.45) is 5.73 Å². The second-order valence-corrected chi connectivity index (χ2v) is 10.8. The van der Waals surface area contributed by atoms with Crippen LogP contribution in [0.5, 0.6) is 5.75 Å². The van der Waals surface area contributed by atoms with Crippen molar-refractivity contribution in [1.82, 2.24) is 24.6 Å². The Balaban J connectivity index is 0.000000453. The highest BCUT2D eigenvalue weighted by Crippen LogP contribution is 2.38. The van der Waals surface area contributed by atoms with E-state index in [-0.39, 0.29) is 30.5 Å². The van der Waals surface area contributed by atoms with E-state index in [0.29, 0.717) is 29.8 Å². The number of nitrogens with one attached hydrogen (secondary N) is 1. The van der Waals surface area contributed by atoms with Crippen LogP contribution in [0.2, 0.25) is 0 Å². The van der Waals surface area contributed by atoms with Crippen LogP contribution >= 0.6 is 0 Å². The smallest absolute Gasteiger partial charge is 0.479 e. The molecule has 2 atom stereocenters. The number of carbonyl (C=O) groups is 3. The number of alkyl halides is 3. The second kappa shape index (κ2) is 14.8. The van der Waals surface area contributed by atoms with Crippen molar-refractivity contribution in [3.05, 3.63) is 41.2 Å². The molecular formula is C28H33F3N8O9. The maximum absolute atomic E-state index is 13.2. The predicted molar refractivity (Wildman–Crippen MR) is 160 cm³/mol. The summed E-state index contributed by atoms with van der Waals surface area (Å²) in [6.07, 6.45) is -6.83. The van der Waals surface area contributed by atoms with Crippen LogP contribution in [-0.4, -0.2) is 126 Å². The summed E-state index contributed by atoms with van der Waals surface area (Å²) in [5.41, 5.74) is 8.79. The summed E-state index contributed by atoms with van der Waals surface area (Å²) < 4.78 is 45.2. The number of amides is 1. The van der Waals surface area contributed by atoms with E-state index in [9.17, 15) is 32.7 Å². The molecule has 260 valence electrons. The summed E-state index contributed by atoms with van der Waals surface area (Å²) in [5, 5.41) is 49.2. The first-order valence-corrected chi connectivity index (χ1v) is 14.4. The van der Waals surface area contributed by atoms with Gasteiger partial charge in [0.2, 0.25) is 5.95 Å². The third kappa shape index (κ3) is 8.45. The summed E-state index contributed by atoms with van der Waals surface area (Å²) >= 11 is 0. The molecule has 48 heavy (non-hydrogen) atoms. The number of aliphatic hydroxyl groups excluding tert-OH is 3. The highest BCUT2D eigenvalue weighted by atomic mass is 19.4. The van der Waals surface area contributed by atoms with Crippen LogP contribution in [0.3, 0.4) is 0 Å². The standard InChI is InChI=1S/C24H27F3N8O3.C4H6O6/c1-33-6-8-34(9-7-33)15-3-5-18(38-24(25,26)27)17(12-15)30-23-29-13-14-2-4-16-20(22(28)37)32-35(10-11-36)21(16)19(14)31-23;5-1(3(7)8)2(6)4(9)10/h3,5,12-13,36H,2,4,6-11H2,1H3,(H2,28,37)(H,29,30,31);1-2,5-6H,(H,7,8)(H,9,10)/t;1-,2-/m.1/s1. The van der Waals surface area contributed by atoms with Crippen molar-refractivity contribution in [3.63, 3.8) is 0 Å². The molecule has 20 heteroatoms. The Labute approximate surface area is 270 Å². The Morgan fingerprint density at radius 3 is 2.27 bits per heavy atom. The molecule has 0 spiro atoms. The molecule has 3 aromatic rings. The molecule has 0 saturated carbocycles. The van der Waals surface area contributed by atoms with Gasteiger partial charge in [0, 0.05) is 43.6 Å². The number of piperazine rings is 1. The Hall–Kier alpha value is -5.05. The van der Waals surface area contributed by atoms with Crippen molar-refractivity contribution in [3.8, 4) is 17.1 Å². The van der Waals surface area contributed by atoms with E-state index < -0.39 is 42.2 Å². The Bertz CT molecular complexity index is 1640. The van der Waals surface area contributed by atoms with Crippen LogP contribution in [0.4, 0.5) is 30.5 Å². The van der Waals surface area contributed by atoms with Gasteiger partial charge in [-0.25, -0.2) is 19.6 Å². The number of ether oxygens (including phenoxy) is 1. The number of carboxylic acids is 2. The summed E-state index contributed by atoms with van der Waals surface area (Å²) in [6.45, 7) is 2.99. The fourth-order valence-electron chi connectivity index (χ4n) is 5.05. The van der Waals surface area contributed by atoms with Crippen molar-refractivity contribution in [2.45, 2.75) is 38.0 Å². The molecule has 1 aliphatic heterocycles. The number of benzene rings is 1. The number of likely N-dealkylation sites (N-methyl/N-ethyl adjacent to an activating group) is 1. The van der Waals surface area contributed by atoms with Crippen LogP contribution in [0.1, 0.15) is 21.6 Å². The normalized spacial score (nSPS) is 15.7. The van der Waals surface area contributed by atoms with Gasteiger partial charge in [0.1, 0.15) is 0 Å². The summed E-state index contributed by atoms with van der Waals surface area (Å²) in [6, 6.07) is 4.45. The zero-order valence-electron chi connectivity index (χ0n) is 25.4. The number of aromatic nitrogens is 4. The number of carboxylic acid groups (broad SMARTS) is 2. The number of anilines is 3. The van der Waals surface area contributed by atoms with E-state index in [2.05, 4.69) is 34.9 Å². The number of aliphatic hydroxyl groups is 3. The number of hydrogen-bond donors (Lipinski definition) is 7.